The van der Waals surface area contributed by atoms with E-state index >= 15 is 0 Å². The topological polar surface area (TPSA) is 18.5 Å². The van der Waals surface area contributed by atoms with Crippen LogP contribution in [0.2, 0.25) is 0 Å². The van der Waals surface area contributed by atoms with Crippen molar-refractivity contribution in [3.05, 3.63) is 36.4 Å². The molecule has 2 aromatic carbocycles. The van der Waals surface area contributed by atoms with E-state index in [1.165, 1.54) is 10.8 Å². The second-order valence-corrected chi connectivity index (χ2v) is 5.56. The summed E-state index contributed by atoms with van der Waals surface area (Å²) in [5.74, 6) is 1.87. The molecule has 0 aliphatic rings. The van der Waals surface area contributed by atoms with Gasteiger partial charge in [-0.3, -0.25) is 0 Å². The van der Waals surface area contributed by atoms with E-state index in [2.05, 4.69) is 47.1 Å². The van der Waals surface area contributed by atoms with Gasteiger partial charge in [-0.2, -0.15) is 0 Å². The van der Waals surface area contributed by atoms with Crippen LogP contribution in [0.1, 0.15) is 26.2 Å². The molecule has 0 heterocycles. The quantitative estimate of drug-likeness (QED) is 0.488. The Labute approximate surface area is 129 Å². The fourth-order valence-corrected chi connectivity index (χ4v) is 2.19. The van der Waals surface area contributed by atoms with Gasteiger partial charge in [0, 0.05) is 5.33 Å². The Balaban J connectivity index is 2.04. The third kappa shape index (κ3) is 4.41. The average molecular weight is 337 g/mol. The van der Waals surface area contributed by atoms with Gasteiger partial charge < -0.3 is 9.47 Å². The Kier molecular flexibility index (Phi) is 6.19. The molecular weight excluding hydrogens is 316 g/mol. The number of rotatable bonds is 8. The number of benzene rings is 2. The lowest BCUT2D eigenvalue weighted by atomic mass is 10.1. The molecule has 2 aromatic rings. The van der Waals surface area contributed by atoms with E-state index in [9.17, 15) is 0 Å². The van der Waals surface area contributed by atoms with Gasteiger partial charge in [0.2, 0.25) is 0 Å². The molecule has 0 aliphatic heterocycles. The molecule has 0 unspecified atom stereocenters. The van der Waals surface area contributed by atoms with Crippen molar-refractivity contribution in [3.8, 4) is 11.5 Å². The number of halogens is 1. The zero-order valence-electron chi connectivity index (χ0n) is 11.9. The first-order valence-corrected chi connectivity index (χ1v) is 8.31. The standard InChI is InChI=1S/C17H21BrO2/c1-2-3-10-19-16-7-5-15-13-17(20-11-4-9-18)8-6-14(15)12-16/h5-8,12-13H,2-4,9-11H2,1H3. The Morgan fingerprint density at radius 2 is 1.40 bits per heavy atom. The van der Waals surface area contributed by atoms with Crippen LogP contribution in [0.4, 0.5) is 0 Å². The molecule has 0 fully saturated rings. The summed E-state index contributed by atoms with van der Waals surface area (Å²) in [6.45, 7) is 3.70. The van der Waals surface area contributed by atoms with E-state index in [0.717, 1.165) is 49.3 Å². The van der Waals surface area contributed by atoms with Crippen molar-refractivity contribution in [2.75, 3.05) is 18.5 Å². The van der Waals surface area contributed by atoms with Gasteiger partial charge in [-0.05, 0) is 47.9 Å². The highest BCUT2D eigenvalue weighted by molar-refractivity contribution is 9.09. The van der Waals surface area contributed by atoms with Gasteiger partial charge in [0.15, 0.2) is 0 Å². The van der Waals surface area contributed by atoms with Crippen LogP contribution in [-0.2, 0) is 0 Å². The fourth-order valence-electron chi connectivity index (χ4n) is 1.96. The molecule has 0 aliphatic carbocycles. The Bertz CT molecular complexity index is 490. The van der Waals surface area contributed by atoms with Crippen molar-refractivity contribution in [3.63, 3.8) is 0 Å². The van der Waals surface area contributed by atoms with Crippen molar-refractivity contribution >= 4 is 26.7 Å². The van der Waals surface area contributed by atoms with Gasteiger partial charge in [0.25, 0.3) is 0 Å². The molecule has 0 N–H and O–H groups in total. The molecular formula is C17H21BrO2. The molecule has 0 saturated carbocycles. The van der Waals surface area contributed by atoms with E-state index in [1.807, 2.05) is 12.1 Å². The normalized spacial score (nSPS) is 10.7. The van der Waals surface area contributed by atoms with Gasteiger partial charge in [0.05, 0.1) is 13.2 Å². The largest absolute Gasteiger partial charge is 0.494 e. The highest BCUT2D eigenvalue weighted by Crippen LogP contribution is 2.25. The van der Waals surface area contributed by atoms with E-state index in [1.54, 1.807) is 0 Å². The highest BCUT2D eigenvalue weighted by Gasteiger charge is 2.00. The predicted octanol–water partition coefficient (Wildman–Crippen LogP) is 5.18. The van der Waals surface area contributed by atoms with Crippen LogP contribution < -0.4 is 9.47 Å². The minimum atomic E-state index is 0.745. The lowest BCUT2D eigenvalue weighted by Gasteiger charge is -2.09. The Morgan fingerprint density at radius 3 is 1.90 bits per heavy atom. The molecule has 2 rings (SSSR count). The van der Waals surface area contributed by atoms with Gasteiger partial charge >= 0.3 is 0 Å². The maximum Gasteiger partial charge on any atom is 0.119 e. The molecule has 0 atom stereocenters. The maximum absolute atomic E-state index is 5.73. The number of hydrogen-bond donors (Lipinski definition) is 0. The van der Waals surface area contributed by atoms with Crippen molar-refractivity contribution in [1.82, 2.24) is 0 Å². The summed E-state index contributed by atoms with van der Waals surface area (Å²) in [6.07, 6.45) is 3.27. The van der Waals surface area contributed by atoms with Crippen molar-refractivity contribution < 1.29 is 9.47 Å². The Morgan fingerprint density at radius 1 is 0.850 bits per heavy atom. The Hall–Kier alpha value is -1.22. The van der Waals surface area contributed by atoms with Crippen LogP contribution in [0.25, 0.3) is 10.8 Å². The van der Waals surface area contributed by atoms with Crippen LogP contribution in [0.5, 0.6) is 11.5 Å². The monoisotopic (exact) mass is 336 g/mol. The van der Waals surface area contributed by atoms with Gasteiger partial charge in [0.1, 0.15) is 11.5 Å². The molecule has 2 nitrogen and oxygen atoms in total. The number of unbranched alkanes of at least 4 members (excludes halogenated alkanes) is 1. The zero-order chi connectivity index (χ0) is 14.2. The minimum Gasteiger partial charge on any atom is -0.494 e. The number of alkyl halides is 1. The van der Waals surface area contributed by atoms with Gasteiger partial charge in [-0.1, -0.05) is 41.4 Å². The predicted molar refractivity (Wildman–Crippen MR) is 88.3 cm³/mol. The summed E-state index contributed by atoms with van der Waals surface area (Å²) >= 11 is 3.40. The van der Waals surface area contributed by atoms with Crippen LogP contribution in [0.15, 0.2) is 36.4 Å². The molecule has 108 valence electrons. The third-order valence-corrected chi connectivity index (χ3v) is 3.66. The zero-order valence-corrected chi connectivity index (χ0v) is 13.5. The molecule has 0 radical (unpaired) electrons. The highest BCUT2D eigenvalue weighted by atomic mass is 79.9. The van der Waals surface area contributed by atoms with Crippen molar-refractivity contribution in [2.45, 2.75) is 26.2 Å². The van der Waals surface area contributed by atoms with Gasteiger partial charge in [-0.15, -0.1) is 0 Å². The second kappa shape index (κ2) is 8.15. The van der Waals surface area contributed by atoms with Gasteiger partial charge in [-0.25, -0.2) is 0 Å². The van der Waals surface area contributed by atoms with Crippen LogP contribution >= 0.6 is 15.9 Å². The summed E-state index contributed by atoms with van der Waals surface area (Å²) in [7, 11) is 0. The lowest BCUT2D eigenvalue weighted by molar-refractivity contribution is 0.309. The minimum absolute atomic E-state index is 0.745. The molecule has 20 heavy (non-hydrogen) atoms. The van der Waals surface area contributed by atoms with Crippen LogP contribution in [-0.4, -0.2) is 18.5 Å². The first-order chi connectivity index (χ1) is 9.83. The van der Waals surface area contributed by atoms with Crippen LogP contribution in [0.3, 0.4) is 0 Å². The van der Waals surface area contributed by atoms with Crippen molar-refractivity contribution in [2.24, 2.45) is 0 Å². The molecule has 0 amide bonds. The third-order valence-electron chi connectivity index (χ3n) is 3.10. The number of hydrogen-bond acceptors (Lipinski definition) is 2. The second-order valence-electron chi connectivity index (χ2n) is 4.76. The fraction of sp³-hybridized carbons (Fsp3) is 0.412. The molecule has 0 bridgehead atoms. The summed E-state index contributed by atoms with van der Waals surface area (Å²) in [4.78, 5) is 0. The molecule has 3 heteroatoms. The average Bonchev–Trinajstić information content (AvgIpc) is 2.48. The van der Waals surface area contributed by atoms with Crippen molar-refractivity contribution in [1.29, 1.82) is 0 Å². The summed E-state index contributed by atoms with van der Waals surface area (Å²) in [5.41, 5.74) is 0. The van der Waals surface area contributed by atoms with E-state index in [4.69, 9.17) is 9.47 Å². The number of fused-ring (bicyclic) bond motifs is 1. The summed E-state index contributed by atoms with van der Waals surface area (Å²) in [6, 6.07) is 12.4. The lowest BCUT2D eigenvalue weighted by Crippen LogP contribution is -1.98. The number of ether oxygens (including phenoxy) is 2. The smallest absolute Gasteiger partial charge is 0.119 e. The van der Waals surface area contributed by atoms with Crippen LogP contribution in [0, 0.1) is 0 Å². The summed E-state index contributed by atoms with van der Waals surface area (Å²) in [5, 5.41) is 3.34. The first kappa shape index (κ1) is 15.2. The maximum atomic E-state index is 5.73. The molecule has 0 saturated heterocycles. The first-order valence-electron chi connectivity index (χ1n) is 7.19. The SMILES string of the molecule is CCCCOc1ccc2cc(OCCCBr)ccc2c1. The van der Waals surface area contributed by atoms with E-state index in [0.29, 0.717) is 0 Å². The molecule has 0 aromatic heterocycles. The van der Waals surface area contributed by atoms with E-state index < -0.39 is 0 Å². The van der Waals surface area contributed by atoms with E-state index in [-0.39, 0.29) is 0 Å². The summed E-state index contributed by atoms with van der Waals surface area (Å²) < 4.78 is 11.4. The molecule has 0 spiro atoms.